The van der Waals surface area contributed by atoms with Gasteiger partial charge in [0.1, 0.15) is 0 Å². The lowest BCUT2D eigenvalue weighted by Crippen LogP contribution is -2.39. The van der Waals surface area contributed by atoms with Gasteiger partial charge in [0, 0.05) is 6.04 Å². The molecule has 24 heavy (non-hydrogen) atoms. The summed E-state index contributed by atoms with van der Waals surface area (Å²) in [7, 11) is 0. The molecule has 2 heterocycles. The molecule has 0 radical (unpaired) electrons. The Hall–Kier alpha value is -1.19. The second-order valence-electron chi connectivity index (χ2n) is 6.06. The van der Waals surface area contributed by atoms with Crippen LogP contribution in [0.3, 0.4) is 0 Å². The van der Waals surface area contributed by atoms with Crippen LogP contribution in [0.15, 0.2) is 4.34 Å². The molecule has 1 aliphatic carbocycles. The maximum atomic E-state index is 12.4. The van der Waals surface area contributed by atoms with Gasteiger partial charge in [-0.25, -0.2) is 0 Å². The van der Waals surface area contributed by atoms with Crippen molar-refractivity contribution >= 4 is 40.1 Å². The minimum Gasteiger partial charge on any atom is -0.465 e. The lowest BCUT2D eigenvalue weighted by molar-refractivity contribution is -0.139. The van der Waals surface area contributed by atoms with Gasteiger partial charge in [-0.3, -0.25) is 14.9 Å². The minimum atomic E-state index is -0.277. The van der Waals surface area contributed by atoms with Gasteiger partial charge < -0.3 is 10.1 Å². The van der Waals surface area contributed by atoms with Gasteiger partial charge in [0.05, 0.1) is 18.4 Å². The van der Waals surface area contributed by atoms with Crippen molar-refractivity contribution in [3.63, 3.8) is 0 Å². The Morgan fingerprint density at radius 1 is 1.38 bits per heavy atom. The average molecular weight is 371 g/mol. The molecule has 1 amide bonds. The summed E-state index contributed by atoms with van der Waals surface area (Å²) in [5.41, 5.74) is 0. The van der Waals surface area contributed by atoms with Crippen LogP contribution in [0.4, 0.5) is 5.13 Å². The number of amides is 1. The molecule has 0 aromatic carbocycles. The first-order valence-electron chi connectivity index (χ1n) is 8.34. The number of fused-ring (bicyclic) bond motifs is 1. The normalized spacial score (nSPS) is 26.0. The van der Waals surface area contributed by atoms with Gasteiger partial charge in [-0.05, 0) is 32.1 Å². The Morgan fingerprint density at radius 2 is 2.21 bits per heavy atom. The van der Waals surface area contributed by atoms with Crippen molar-refractivity contribution in [1.82, 2.24) is 15.5 Å². The maximum absolute atomic E-state index is 12.4. The van der Waals surface area contributed by atoms with Crippen LogP contribution in [0.1, 0.15) is 39.0 Å². The summed E-state index contributed by atoms with van der Waals surface area (Å²) in [5, 5.41) is 14.7. The number of carbonyl (C=O) groups is 2. The van der Waals surface area contributed by atoms with E-state index in [1.54, 1.807) is 6.92 Å². The molecule has 132 valence electrons. The summed E-state index contributed by atoms with van der Waals surface area (Å²) in [6.45, 7) is 2.14. The van der Waals surface area contributed by atoms with E-state index in [1.807, 2.05) is 0 Å². The van der Waals surface area contributed by atoms with Crippen molar-refractivity contribution in [2.24, 2.45) is 5.92 Å². The number of thioether (sulfide) groups is 1. The predicted molar refractivity (Wildman–Crippen MR) is 93.2 cm³/mol. The molecule has 3 unspecified atom stereocenters. The van der Waals surface area contributed by atoms with E-state index in [0.29, 0.717) is 28.0 Å². The van der Waals surface area contributed by atoms with Crippen molar-refractivity contribution in [2.45, 2.75) is 55.5 Å². The smallest absolute Gasteiger partial charge is 0.316 e. The molecule has 1 saturated carbocycles. The van der Waals surface area contributed by atoms with Crippen molar-refractivity contribution < 1.29 is 14.3 Å². The molecule has 2 N–H and O–H groups in total. The monoisotopic (exact) mass is 370 g/mol. The van der Waals surface area contributed by atoms with Gasteiger partial charge >= 0.3 is 5.97 Å². The number of carbonyl (C=O) groups excluding carboxylic acids is 2. The third kappa shape index (κ3) is 4.46. The van der Waals surface area contributed by atoms with E-state index in [2.05, 4.69) is 20.8 Å². The number of esters is 1. The lowest BCUT2D eigenvalue weighted by Gasteiger charge is -2.24. The number of aromatic nitrogens is 2. The highest BCUT2D eigenvalue weighted by Crippen LogP contribution is 2.33. The van der Waals surface area contributed by atoms with Crippen LogP contribution in [0.2, 0.25) is 0 Å². The van der Waals surface area contributed by atoms with Crippen LogP contribution in [0.5, 0.6) is 0 Å². The number of ether oxygens (including phenoxy) is 1. The molecule has 7 nitrogen and oxygen atoms in total. The molecule has 1 aliphatic heterocycles. The van der Waals surface area contributed by atoms with Crippen LogP contribution in [-0.4, -0.2) is 46.5 Å². The number of hydrogen-bond donors (Lipinski definition) is 2. The fourth-order valence-corrected chi connectivity index (χ4v) is 4.91. The van der Waals surface area contributed by atoms with Crippen molar-refractivity contribution in [2.75, 3.05) is 17.7 Å². The number of nitrogens with zero attached hydrogens (tertiary/aromatic N) is 2. The van der Waals surface area contributed by atoms with Gasteiger partial charge in [-0.1, -0.05) is 35.9 Å². The first-order chi connectivity index (χ1) is 11.7. The second-order valence-corrected chi connectivity index (χ2v) is 8.26. The summed E-state index contributed by atoms with van der Waals surface area (Å²) in [5.74, 6) is 0.507. The highest BCUT2D eigenvalue weighted by Gasteiger charge is 2.38. The molecule has 0 bridgehead atoms. The summed E-state index contributed by atoms with van der Waals surface area (Å²) in [4.78, 5) is 23.7. The van der Waals surface area contributed by atoms with E-state index < -0.39 is 0 Å². The largest absolute Gasteiger partial charge is 0.465 e. The highest BCUT2D eigenvalue weighted by atomic mass is 32.2. The molecule has 3 rings (SSSR count). The van der Waals surface area contributed by atoms with E-state index in [9.17, 15) is 9.59 Å². The van der Waals surface area contributed by atoms with E-state index in [1.165, 1.54) is 48.8 Å². The van der Waals surface area contributed by atoms with Crippen LogP contribution in [0, 0.1) is 5.92 Å². The van der Waals surface area contributed by atoms with Gasteiger partial charge in [-0.15, -0.1) is 10.2 Å². The van der Waals surface area contributed by atoms with E-state index in [0.717, 1.165) is 6.42 Å². The molecular weight excluding hydrogens is 348 g/mol. The summed E-state index contributed by atoms with van der Waals surface area (Å²) >= 11 is 2.55. The van der Waals surface area contributed by atoms with Crippen LogP contribution in [-0.2, 0) is 14.3 Å². The highest BCUT2D eigenvalue weighted by molar-refractivity contribution is 8.01. The fourth-order valence-electron chi connectivity index (χ4n) is 3.36. The molecule has 1 aromatic rings. The minimum absolute atomic E-state index is 0.0394. The molecule has 3 atom stereocenters. The summed E-state index contributed by atoms with van der Waals surface area (Å²) < 4.78 is 5.51. The van der Waals surface area contributed by atoms with Gasteiger partial charge in [0.25, 0.3) is 0 Å². The maximum Gasteiger partial charge on any atom is 0.316 e. The Bertz CT molecular complexity index is 581. The Morgan fingerprint density at radius 3 is 3.00 bits per heavy atom. The Kier molecular flexibility index (Phi) is 6.07. The van der Waals surface area contributed by atoms with Crippen LogP contribution >= 0.6 is 23.1 Å². The number of rotatable bonds is 6. The van der Waals surface area contributed by atoms with E-state index >= 15 is 0 Å². The first kappa shape index (κ1) is 17.6. The topological polar surface area (TPSA) is 93.2 Å². The third-order valence-corrected chi connectivity index (χ3v) is 6.38. The van der Waals surface area contributed by atoms with Crippen LogP contribution in [0.25, 0.3) is 0 Å². The fraction of sp³-hybridized carbons (Fsp3) is 0.733. The zero-order valence-corrected chi connectivity index (χ0v) is 15.3. The van der Waals surface area contributed by atoms with Gasteiger partial charge in [0.15, 0.2) is 4.34 Å². The summed E-state index contributed by atoms with van der Waals surface area (Å²) in [6, 6.07) is 0.345. The molecule has 0 spiro atoms. The van der Waals surface area contributed by atoms with Crippen molar-refractivity contribution in [3.8, 4) is 0 Å². The molecule has 1 aromatic heterocycles. The van der Waals surface area contributed by atoms with Gasteiger partial charge in [0.2, 0.25) is 11.0 Å². The summed E-state index contributed by atoms with van der Waals surface area (Å²) in [6.07, 6.45) is 5.81. The first-order valence-corrected chi connectivity index (χ1v) is 10.1. The third-order valence-electron chi connectivity index (χ3n) is 4.43. The average Bonchev–Trinajstić information content (AvgIpc) is 3.19. The number of hydrogen-bond acceptors (Lipinski definition) is 8. The van der Waals surface area contributed by atoms with Crippen molar-refractivity contribution in [1.29, 1.82) is 0 Å². The quantitative estimate of drug-likeness (QED) is 0.450. The predicted octanol–water partition coefficient (Wildman–Crippen LogP) is 2.05. The standard InChI is InChI=1S/C15H22N4O3S2/c1-2-22-12(20)8-23-15-19-18-14(24-15)17-13(21)11-7-9-5-3-4-6-10(9)16-11/h9-11,16H,2-8H2,1H3,(H,17,18,21). The number of anilines is 1. The van der Waals surface area contributed by atoms with E-state index in [-0.39, 0.29) is 23.7 Å². The lowest BCUT2D eigenvalue weighted by atomic mass is 9.85. The second kappa shape index (κ2) is 8.26. The van der Waals surface area contributed by atoms with Gasteiger partial charge in [-0.2, -0.15) is 0 Å². The molecule has 1 saturated heterocycles. The molecule has 9 heteroatoms. The van der Waals surface area contributed by atoms with Crippen molar-refractivity contribution in [3.05, 3.63) is 0 Å². The van der Waals surface area contributed by atoms with Crippen LogP contribution < -0.4 is 10.6 Å². The Balaban J connectivity index is 1.47. The zero-order valence-electron chi connectivity index (χ0n) is 13.6. The van der Waals surface area contributed by atoms with E-state index in [4.69, 9.17) is 4.74 Å². The zero-order chi connectivity index (χ0) is 16.9. The Labute approximate surface area is 149 Å². The molecule has 2 fully saturated rings. The molecule has 2 aliphatic rings. The number of nitrogens with one attached hydrogen (secondary N) is 2. The molecular formula is C15H22N4O3S2. The SMILES string of the molecule is CCOC(=O)CSc1nnc(NC(=O)C2CC3CCCCC3N2)s1.